The number of benzene rings is 1. The molecule has 1 amide bonds. The van der Waals surface area contributed by atoms with Gasteiger partial charge < -0.3 is 10.6 Å². The first-order chi connectivity index (χ1) is 9.61. The molecule has 0 unspecified atom stereocenters. The van der Waals surface area contributed by atoms with Crippen LogP contribution in [-0.4, -0.2) is 22.9 Å². The number of nitrogens with zero attached hydrogens (tertiary/aromatic N) is 2. The number of nitrogens with one attached hydrogen (secondary N) is 2. The lowest BCUT2D eigenvalue weighted by Crippen LogP contribution is -2.18. The predicted molar refractivity (Wildman–Crippen MR) is 75.9 cm³/mol. The molecule has 2 N–H and O–H groups in total. The van der Waals surface area contributed by atoms with Gasteiger partial charge in [0.1, 0.15) is 5.69 Å². The fourth-order valence-electron chi connectivity index (χ4n) is 1.63. The predicted octanol–water partition coefficient (Wildman–Crippen LogP) is 2.02. The Morgan fingerprint density at radius 1 is 1.50 bits per heavy atom. The summed E-state index contributed by atoms with van der Waals surface area (Å²) in [7, 11) is 1.47. The van der Waals surface area contributed by atoms with Crippen LogP contribution in [-0.2, 0) is 6.54 Å². The molecule has 20 heavy (non-hydrogen) atoms. The number of carbonyl (C=O) groups is 1. The second-order valence-corrected chi connectivity index (χ2v) is 4.62. The van der Waals surface area contributed by atoms with Crippen LogP contribution in [0.1, 0.15) is 16.1 Å². The highest BCUT2D eigenvalue weighted by Crippen LogP contribution is 2.26. The van der Waals surface area contributed by atoms with Gasteiger partial charge in [-0.05, 0) is 12.1 Å². The van der Waals surface area contributed by atoms with Crippen molar-refractivity contribution < 1.29 is 9.72 Å². The van der Waals surface area contributed by atoms with Crippen molar-refractivity contribution in [1.82, 2.24) is 10.3 Å². The fraction of sp³-hybridized carbons (Fsp3) is 0.167. The Kier molecular flexibility index (Phi) is 4.26. The molecule has 2 rings (SSSR count). The van der Waals surface area contributed by atoms with E-state index >= 15 is 0 Å². The van der Waals surface area contributed by atoms with Gasteiger partial charge in [0.2, 0.25) is 0 Å². The number of aromatic nitrogens is 1. The molecule has 0 saturated heterocycles. The lowest BCUT2D eigenvalue weighted by atomic mass is 10.1. The summed E-state index contributed by atoms with van der Waals surface area (Å²) in [5.41, 5.74) is 2.97. The van der Waals surface area contributed by atoms with E-state index in [2.05, 4.69) is 15.6 Å². The van der Waals surface area contributed by atoms with Crippen molar-refractivity contribution in [2.45, 2.75) is 6.54 Å². The smallest absolute Gasteiger partial charge is 0.293 e. The molecular formula is C12H12N4O3S. The number of nitro benzene ring substituents is 1. The summed E-state index contributed by atoms with van der Waals surface area (Å²) in [4.78, 5) is 26.1. The summed E-state index contributed by atoms with van der Waals surface area (Å²) in [6.07, 6.45) is 0. The van der Waals surface area contributed by atoms with Crippen LogP contribution in [0.15, 0.2) is 29.1 Å². The van der Waals surface area contributed by atoms with Crippen molar-refractivity contribution in [3.63, 3.8) is 0 Å². The molecule has 0 fully saturated rings. The third-order valence-electron chi connectivity index (χ3n) is 2.63. The number of carbonyl (C=O) groups excluding carboxylic acids is 1. The topological polar surface area (TPSA) is 97.2 Å². The van der Waals surface area contributed by atoms with Gasteiger partial charge >= 0.3 is 0 Å². The molecule has 0 radical (unpaired) electrons. The van der Waals surface area contributed by atoms with Gasteiger partial charge in [0.25, 0.3) is 11.6 Å². The van der Waals surface area contributed by atoms with E-state index in [9.17, 15) is 14.9 Å². The number of rotatable bonds is 5. The first-order valence-electron chi connectivity index (χ1n) is 5.73. The zero-order chi connectivity index (χ0) is 14.5. The molecule has 0 atom stereocenters. The molecule has 0 saturated carbocycles. The number of amides is 1. The summed E-state index contributed by atoms with van der Waals surface area (Å²) >= 11 is 1.46. The number of thiazole rings is 1. The number of nitro groups is 1. The minimum atomic E-state index is -0.518. The molecule has 0 bridgehead atoms. The Balaban J connectivity index is 2.23. The van der Waals surface area contributed by atoms with Gasteiger partial charge in [-0.2, -0.15) is 0 Å². The van der Waals surface area contributed by atoms with E-state index in [-0.39, 0.29) is 17.2 Å². The van der Waals surface area contributed by atoms with Crippen LogP contribution in [0, 0.1) is 10.1 Å². The molecule has 8 heteroatoms. The minimum absolute atomic E-state index is 0.138. The van der Waals surface area contributed by atoms with Gasteiger partial charge in [-0.3, -0.25) is 14.9 Å². The standard InChI is InChI=1S/C12H12N4O3S/c1-13-12(17)8-2-3-10(11(4-8)16(18)19)14-5-9-6-20-7-15-9/h2-4,6-7,14H,5H2,1H3,(H,13,17). The van der Waals surface area contributed by atoms with Crippen molar-refractivity contribution in [2.24, 2.45) is 0 Å². The second-order valence-electron chi connectivity index (χ2n) is 3.90. The summed E-state index contributed by atoms with van der Waals surface area (Å²) in [6, 6.07) is 4.31. The maximum atomic E-state index is 11.5. The molecule has 0 aliphatic rings. The fourth-order valence-corrected chi connectivity index (χ4v) is 2.19. The van der Waals surface area contributed by atoms with Crippen molar-refractivity contribution in [3.8, 4) is 0 Å². The van der Waals surface area contributed by atoms with E-state index in [0.717, 1.165) is 5.69 Å². The first kappa shape index (κ1) is 13.9. The van der Waals surface area contributed by atoms with Crippen LogP contribution in [0.3, 0.4) is 0 Å². The Hall–Kier alpha value is -2.48. The van der Waals surface area contributed by atoms with Crippen molar-refractivity contribution in [1.29, 1.82) is 0 Å². The van der Waals surface area contributed by atoms with Gasteiger partial charge in [0.05, 0.1) is 22.7 Å². The summed E-state index contributed by atoms with van der Waals surface area (Å²) < 4.78 is 0. The highest BCUT2D eigenvalue weighted by atomic mass is 32.1. The summed E-state index contributed by atoms with van der Waals surface area (Å²) in [6.45, 7) is 0.393. The number of anilines is 1. The number of hydrogen-bond acceptors (Lipinski definition) is 6. The Labute approximate surface area is 118 Å². The first-order valence-corrected chi connectivity index (χ1v) is 6.67. The van der Waals surface area contributed by atoms with Crippen LogP contribution in [0.4, 0.5) is 11.4 Å². The molecule has 2 aromatic rings. The van der Waals surface area contributed by atoms with Crippen LogP contribution in [0.5, 0.6) is 0 Å². The van der Waals surface area contributed by atoms with Crippen LogP contribution in [0.25, 0.3) is 0 Å². The van der Waals surface area contributed by atoms with Gasteiger partial charge in [-0.1, -0.05) is 0 Å². The average Bonchev–Trinajstić information content (AvgIpc) is 2.97. The highest BCUT2D eigenvalue weighted by Gasteiger charge is 2.17. The molecule has 104 valence electrons. The molecule has 7 nitrogen and oxygen atoms in total. The zero-order valence-electron chi connectivity index (χ0n) is 10.6. The zero-order valence-corrected chi connectivity index (χ0v) is 11.4. The second kappa shape index (κ2) is 6.11. The normalized spacial score (nSPS) is 10.1. The lowest BCUT2D eigenvalue weighted by molar-refractivity contribution is -0.384. The quantitative estimate of drug-likeness (QED) is 0.649. The van der Waals surface area contributed by atoms with Gasteiger partial charge in [-0.15, -0.1) is 11.3 Å². The summed E-state index contributed by atoms with van der Waals surface area (Å²) in [5.74, 6) is -0.362. The SMILES string of the molecule is CNC(=O)c1ccc(NCc2cscn2)c([N+](=O)[O-])c1. The van der Waals surface area contributed by atoms with Crippen molar-refractivity contribution in [3.05, 3.63) is 50.5 Å². The molecule has 1 aromatic carbocycles. The molecular weight excluding hydrogens is 280 g/mol. The molecule has 0 aliphatic heterocycles. The average molecular weight is 292 g/mol. The monoisotopic (exact) mass is 292 g/mol. The van der Waals surface area contributed by atoms with Crippen molar-refractivity contribution in [2.75, 3.05) is 12.4 Å². The van der Waals surface area contributed by atoms with E-state index in [0.29, 0.717) is 12.2 Å². The minimum Gasteiger partial charge on any atom is -0.374 e. The highest BCUT2D eigenvalue weighted by molar-refractivity contribution is 7.07. The Morgan fingerprint density at radius 2 is 2.30 bits per heavy atom. The van der Waals surface area contributed by atoms with E-state index in [1.54, 1.807) is 5.51 Å². The number of hydrogen-bond donors (Lipinski definition) is 2. The summed E-state index contributed by atoms with van der Waals surface area (Å²) in [5, 5.41) is 18.3. The Morgan fingerprint density at radius 3 is 2.90 bits per heavy atom. The third kappa shape index (κ3) is 3.09. The van der Waals surface area contributed by atoms with Crippen LogP contribution < -0.4 is 10.6 Å². The maximum Gasteiger partial charge on any atom is 0.293 e. The molecule has 0 spiro atoms. The van der Waals surface area contributed by atoms with E-state index in [1.807, 2.05) is 5.38 Å². The van der Waals surface area contributed by atoms with Crippen LogP contribution >= 0.6 is 11.3 Å². The van der Waals surface area contributed by atoms with Gasteiger partial charge in [0.15, 0.2) is 0 Å². The van der Waals surface area contributed by atoms with E-state index in [4.69, 9.17) is 0 Å². The largest absolute Gasteiger partial charge is 0.374 e. The molecule has 1 heterocycles. The third-order valence-corrected chi connectivity index (χ3v) is 3.26. The van der Waals surface area contributed by atoms with Gasteiger partial charge in [0, 0.05) is 24.1 Å². The van der Waals surface area contributed by atoms with Crippen LogP contribution in [0.2, 0.25) is 0 Å². The van der Waals surface area contributed by atoms with E-state index < -0.39 is 4.92 Å². The molecule has 0 aliphatic carbocycles. The lowest BCUT2D eigenvalue weighted by Gasteiger charge is -2.07. The van der Waals surface area contributed by atoms with Gasteiger partial charge in [-0.25, -0.2) is 4.98 Å². The van der Waals surface area contributed by atoms with E-state index in [1.165, 1.54) is 36.6 Å². The molecule has 1 aromatic heterocycles. The maximum absolute atomic E-state index is 11.5. The Bertz CT molecular complexity index is 628. The van der Waals surface area contributed by atoms with Crippen molar-refractivity contribution >= 4 is 28.6 Å².